The fourth-order valence-corrected chi connectivity index (χ4v) is 2.63. The van der Waals surface area contributed by atoms with Gasteiger partial charge in [-0.1, -0.05) is 29.0 Å². The Balaban J connectivity index is 1.66. The Hall–Kier alpha value is -3.22. The van der Waals surface area contributed by atoms with Crippen molar-refractivity contribution in [2.45, 2.75) is 33.1 Å². The number of hydrogen-bond donors (Lipinski definition) is 1. The van der Waals surface area contributed by atoms with E-state index in [0.717, 1.165) is 22.4 Å². The number of nitrogens with zero attached hydrogens (tertiary/aromatic N) is 3. The van der Waals surface area contributed by atoms with Gasteiger partial charge in [-0.15, -0.1) is 0 Å². The predicted octanol–water partition coefficient (Wildman–Crippen LogP) is 3.76. The van der Waals surface area contributed by atoms with E-state index in [1.54, 1.807) is 18.7 Å². The topological polar surface area (TPSA) is 98.3 Å². The molecule has 0 bridgehead atoms. The van der Waals surface area contributed by atoms with Crippen LogP contribution in [0.1, 0.15) is 30.7 Å². The van der Waals surface area contributed by atoms with E-state index in [9.17, 15) is 4.79 Å². The van der Waals surface area contributed by atoms with E-state index in [0.29, 0.717) is 30.2 Å². The Morgan fingerprint density at radius 3 is 2.85 bits per heavy atom. The second-order valence-electron chi connectivity index (χ2n) is 5.96. The lowest BCUT2D eigenvalue weighted by Crippen LogP contribution is -1.97. The number of carboxylic acid groups (broad SMARTS) is 1. The summed E-state index contributed by atoms with van der Waals surface area (Å²) in [5, 5.41) is 12.7. The highest BCUT2D eigenvalue weighted by molar-refractivity contribution is 5.67. The number of aryl methyl sites for hydroxylation is 2. The molecule has 0 unspecified atom stereocenters. The van der Waals surface area contributed by atoms with Gasteiger partial charge in [0.1, 0.15) is 5.76 Å². The molecule has 2 aromatic heterocycles. The van der Waals surface area contributed by atoms with Crippen molar-refractivity contribution >= 4 is 5.97 Å². The Bertz CT molecular complexity index is 890. The summed E-state index contributed by atoms with van der Waals surface area (Å²) < 4.78 is 10.8. The minimum atomic E-state index is -0.791. The van der Waals surface area contributed by atoms with Crippen molar-refractivity contribution in [3.63, 3.8) is 0 Å². The number of rotatable bonds is 6. The maximum Gasteiger partial charge on any atom is 0.303 e. The molecule has 1 aliphatic carbocycles. The second kappa shape index (κ2) is 7.77. The van der Waals surface area contributed by atoms with Crippen molar-refractivity contribution in [2.75, 3.05) is 0 Å². The number of carbonyl (C=O) groups is 1. The summed E-state index contributed by atoms with van der Waals surface area (Å²) in [7, 11) is 0. The molecule has 0 radical (unpaired) electrons. The molecule has 0 atom stereocenters. The van der Waals surface area contributed by atoms with Gasteiger partial charge >= 0.3 is 5.97 Å². The van der Waals surface area contributed by atoms with Gasteiger partial charge in [-0.25, -0.2) is 4.98 Å². The average Bonchev–Trinajstić information content (AvgIpc) is 2.98. The SMILES string of the molecule is Cc1noc(C)c1-c1cncc(OC=C2C=CC(CCC(=O)O)=CC2)n1. The number of aromatic nitrogens is 3. The molecule has 0 saturated heterocycles. The first-order chi connectivity index (χ1) is 12.5. The maximum absolute atomic E-state index is 10.6. The molecular formula is C19H19N3O4. The van der Waals surface area contributed by atoms with Gasteiger partial charge in [0.05, 0.1) is 35.6 Å². The first-order valence-corrected chi connectivity index (χ1v) is 8.23. The van der Waals surface area contributed by atoms with Gasteiger partial charge in [0, 0.05) is 6.42 Å². The third kappa shape index (κ3) is 4.24. The van der Waals surface area contributed by atoms with Crippen LogP contribution in [-0.4, -0.2) is 26.2 Å². The quantitative estimate of drug-likeness (QED) is 0.789. The Morgan fingerprint density at radius 1 is 1.35 bits per heavy atom. The summed E-state index contributed by atoms with van der Waals surface area (Å²) >= 11 is 0. The summed E-state index contributed by atoms with van der Waals surface area (Å²) in [5.41, 5.74) is 4.20. The normalized spacial score (nSPS) is 15.2. The third-order valence-electron chi connectivity index (χ3n) is 3.97. The van der Waals surface area contributed by atoms with E-state index >= 15 is 0 Å². The summed E-state index contributed by atoms with van der Waals surface area (Å²) in [6.45, 7) is 3.68. The smallest absolute Gasteiger partial charge is 0.303 e. The third-order valence-corrected chi connectivity index (χ3v) is 3.97. The molecule has 0 amide bonds. The molecule has 7 nitrogen and oxygen atoms in total. The Labute approximate surface area is 150 Å². The lowest BCUT2D eigenvalue weighted by atomic mass is 10.00. The van der Waals surface area contributed by atoms with Crippen LogP contribution in [0.3, 0.4) is 0 Å². The van der Waals surface area contributed by atoms with Gasteiger partial charge in [-0.05, 0) is 32.3 Å². The zero-order valence-corrected chi connectivity index (χ0v) is 14.6. The van der Waals surface area contributed by atoms with E-state index < -0.39 is 5.97 Å². The maximum atomic E-state index is 10.6. The number of carboxylic acids is 1. The van der Waals surface area contributed by atoms with Crippen molar-refractivity contribution in [1.82, 2.24) is 15.1 Å². The van der Waals surface area contributed by atoms with Crippen LogP contribution >= 0.6 is 0 Å². The first kappa shape index (κ1) is 17.6. The fourth-order valence-electron chi connectivity index (χ4n) is 2.63. The summed E-state index contributed by atoms with van der Waals surface area (Å²) in [5.74, 6) is 0.270. The van der Waals surface area contributed by atoms with Crippen LogP contribution in [0.15, 0.2) is 52.6 Å². The van der Waals surface area contributed by atoms with Crippen LogP contribution in [0.5, 0.6) is 5.88 Å². The van der Waals surface area contributed by atoms with Crippen molar-refractivity contribution in [3.05, 3.63) is 59.5 Å². The molecule has 0 aromatic carbocycles. The van der Waals surface area contributed by atoms with Gasteiger partial charge in [0.2, 0.25) is 5.88 Å². The number of hydrogen-bond acceptors (Lipinski definition) is 6. The molecule has 0 aliphatic heterocycles. The Morgan fingerprint density at radius 2 is 2.19 bits per heavy atom. The molecule has 1 N–H and O–H groups in total. The second-order valence-corrected chi connectivity index (χ2v) is 5.96. The molecule has 2 aromatic rings. The number of ether oxygens (including phenoxy) is 1. The highest BCUT2D eigenvalue weighted by Crippen LogP contribution is 2.26. The summed E-state index contributed by atoms with van der Waals surface area (Å²) in [6.07, 6.45) is 12.0. The van der Waals surface area contributed by atoms with E-state index in [1.165, 1.54) is 0 Å². The van der Waals surface area contributed by atoms with Gasteiger partial charge in [-0.3, -0.25) is 9.78 Å². The molecule has 7 heteroatoms. The van der Waals surface area contributed by atoms with Crippen molar-refractivity contribution in [2.24, 2.45) is 0 Å². The molecule has 26 heavy (non-hydrogen) atoms. The van der Waals surface area contributed by atoms with Crippen molar-refractivity contribution in [3.8, 4) is 17.1 Å². The highest BCUT2D eigenvalue weighted by Gasteiger charge is 2.14. The van der Waals surface area contributed by atoms with Crippen LogP contribution < -0.4 is 4.74 Å². The van der Waals surface area contributed by atoms with E-state index in [2.05, 4.69) is 15.1 Å². The van der Waals surface area contributed by atoms with Gasteiger partial charge in [0.15, 0.2) is 0 Å². The molecule has 134 valence electrons. The monoisotopic (exact) mass is 353 g/mol. The van der Waals surface area contributed by atoms with E-state index in [4.69, 9.17) is 14.4 Å². The lowest BCUT2D eigenvalue weighted by molar-refractivity contribution is -0.136. The van der Waals surface area contributed by atoms with Crippen LogP contribution in [0, 0.1) is 13.8 Å². The summed E-state index contributed by atoms with van der Waals surface area (Å²) in [6, 6.07) is 0. The van der Waals surface area contributed by atoms with Gasteiger partial charge in [-0.2, -0.15) is 0 Å². The van der Waals surface area contributed by atoms with Crippen LogP contribution in [-0.2, 0) is 4.79 Å². The lowest BCUT2D eigenvalue weighted by Gasteiger charge is -2.09. The average molecular weight is 353 g/mol. The molecule has 0 saturated carbocycles. The minimum Gasteiger partial charge on any atom is -0.481 e. The number of allylic oxidation sites excluding steroid dienone is 5. The zero-order valence-electron chi connectivity index (χ0n) is 14.6. The Kier molecular flexibility index (Phi) is 5.26. The summed E-state index contributed by atoms with van der Waals surface area (Å²) in [4.78, 5) is 19.2. The largest absolute Gasteiger partial charge is 0.481 e. The van der Waals surface area contributed by atoms with Crippen LogP contribution in [0.25, 0.3) is 11.3 Å². The molecule has 1 aliphatic rings. The van der Waals surface area contributed by atoms with Crippen LogP contribution in [0.4, 0.5) is 0 Å². The predicted molar refractivity (Wildman–Crippen MR) is 94.4 cm³/mol. The standard InChI is InChI=1S/C19H19N3O4/c1-12-19(13(2)26-22-12)16-9-20-10-17(21-16)25-11-15-5-3-14(4-6-15)7-8-18(23)24/h3-5,9-11H,6-8H2,1-2H3,(H,23,24). The molecule has 0 fully saturated rings. The van der Waals surface area contributed by atoms with E-state index in [-0.39, 0.29) is 6.42 Å². The van der Waals surface area contributed by atoms with Gasteiger partial charge < -0.3 is 14.4 Å². The molecule has 3 rings (SSSR count). The molecule has 2 heterocycles. The van der Waals surface area contributed by atoms with Gasteiger partial charge in [0.25, 0.3) is 0 Å². The minimum absolute atomic E-state index is 0.135. The van der Waals surface area contributed by atoms with E-state index in [1.807, 2.05) is 32.1 Å². The highest BCUT2D eigenvalue weighted by atomic mass is 16.5. The zero-order chi connectivity index (χ0) is 18.5. The van der Waals surface area contributed by atoms with Crippen molar-refractivity contribution < 1.29 is 19.2 Å². The molecular weight excluding hydrogens is 334 g/mol. The van der Waals surface area contributed by atoms with Crippen LogP contribution in [0.2, 0.25) is 0 Å². The number of aliphatic carboxylic acids is 1. The first-order valence-electron chi connectivity index (χ1n) is 8.23. The molecule has 0 spiro atoms. The van der Waals surface area contributed by atoms with Crippen molar-refractivity contribution in [1.29, 1.82) is 0 Å². The fraction of sp³-hybridized carbons (Fsp3) is 0.263.